The lowest BCUT2D eigenvalue weighted by Crippen LogP contribution is -2.32. The molecule has 1 heterocycles. The number of hydrogen-bond donors (Lipinski definition) is 2. The van der Waals surface area contributed by atoms with E-state index in [1.165, 1.54) is 0 Å². The molecular weight excluding hydrogens is 328 g/mol. The zero-order valence-electron chi connectivity index (χ0n) is 12.0. The Morgan fingerprint density at radius 2 is 2.00 bits per heavy atom. The molecule has 0 aliphatic carbocycles. The number of likely N-dealkylation sites (tertiary alicyclic amines) is 1. The van der Waals surface area contributed by atoms with Gasteiger partial charge in [-0.2, -0.15) is 0 Å². The van der Waals surface area contributed by atoms with E-state index in [2.05, 4.69) is 0 Å². The zero-order valence-corrected chi connectivity index (χ0v) is 13.6. The highest BCUT2D eigenvalue weighted by atomic mass is 35.5. The van der Waals surface area contributed by atoms with Gasteiger partial charge in [0.1, 0.15) is 0 Å². The summed E-state index contributed by atoms with van der Waals surface area (Å²) in [5, 5.41) is 14.9. The van der Waals surface area contributed by atoms with Crippen LogP contribution in [-0.2, 0) is 14.8 Å². The summed E-state index contributed by atoms with van der Waals surface area (Å²) in [6, 6.07) is 6.78. The number of sulfonamides is 1. The number of amides is 1. The number of carbonyl (C=O) groups is 1. The number of halogens is 1. The van der Waals surface area contributed by atoms with E-state index in [0.717, 1.165) is 5.56 Å². The van der Waals surface area contributed by atoms with Gasteiger partial charge in [-0.05, 0) is 24.1 Å². The van der Waals surface area contributed by atoms with Crippen molar-refractivity contribution >= 4 is 27.5 Å². The Hall–Kier alpha value is -1.15. The van der Waals surface area contributed by atoms with Crippen LogP contribution in [0.1, 0.15) is 24.4 Å². The SMILES string of the molecule is NS(=O)(=O)CC1CC(=O)N(C(CCO)c2ccc(Cl)cc2)C1. The van der Waals surface area contributed by atoms with Crippen LogP contribution in [0.25, 0.3) is 0 Å². The molecule has 2 rings (SSSR count). The lowest BCUT2D eigenvalue weighted by Gasteiger charge is -2.28. The zero-order chi connectivity index (χ0) is 16.3. The quantitative estimate of drug-likeness (QED) is 0.799. The molecule has 8 heteroatoms. The third-order valence-electron chi connectivity index (χ3n) is 3.74. The van der Waals surface area contributed by atoms with Crippen molar-refractivity contribution in [2.75, 3.05) is 18.9 Å². The Balaban J connectivity index is 2.18. The van der Waals surface area contributed by atoms with E-state index in [1.54, 1.807) is 17.0 Å². The normalized spacial score (nSPS) is 20.4. The highest BCUT2D eigenvalue weighted by Gasteiger charge is 2.36. The van der Waals surface area contributed by atoms with Gasteiger partial charge in [-0.1, -0.05) is 23.7 Å². The summed E-state index contributed by atoms with van der Waals surface area (Å²) < 4.78 is 22.4. The van der Waals surface area contributed by atoms with E-state index in [9.17, 15) is 18.3 Å². The van der Waals surface area contributed by atoms with Gasteiger partial charge in [0.15, 0.2) is 0 Å². The molecule has 122 valence electrons. The van der Waals surface area contributed by atoms with Gasteiger partial charge in [-0.3, -0.25) is 4.79 Å². The fourth-order valence-corrected chi connectivity index (χ4v) is 3.87. The van der Waals surface area contributed by atoms with Crippen LogP contribution in [-0.4, -0.2) is 43.2 Å². The van der Waals surface area contributed by atoms with E-state index in [-0.39, 0.29) is 36.6 Å². The van der Waals surface area contributed by atoms with Crippen LogP contribution >= 0.6 is 11.6 Å². The maximum atomic E-state index is 12.2. The lowest BCUT2D eigenvalue weighted by atomic mass is 10.0. The molecule has 0 spiro atoms. The Morgan fingerprint density at radius 3 is 2.55 bits per heavy atom. The summed E-state index contributed by atoms with van der Waals surface area (Å²) in [5.74, 6) is -0.639. The monoisotopic (exact) mass is 346 g/mol. The minimum absolute atomic E-state index is 0.0725. The van der Waals surface area contributed by atoms with E-state index in [0.29, 0.717) is 18.0 Å². The largest absolute Gasteiger partial charge is 0.396 e. The molecule has 1 aromatic rings. The third kappa shape index (κ3) is 4.42. The molecule has 1 aliphatic rings. The number of aliphatic hydroxyl groups excluding tert-OH is 1. The Bertz CT molecular complexity index is 633. The average molecular weight is 347 g/mol. The molecule has 1 fully saturated rings. The van der Waals surface area contributed by atoms with E-state index < -0.39 is 10.0 Å². The molecule has 0 radical (unpaired) electrons. The van der Waals surface area contributed by atoms with Gasteiger partial charge in [0, 0.05) is 30.5 Å². The number of nitrogens with two attached hydrogens (primary N) is 1. The Kier molecular flexibility index (Phi) is 5.44. The minimum atomic E-state index is -3.61. The van der Waals surface area contributed by atoms with Gasteiger partial charge >= 0.3 is 0 Å². The summed E-state index contributed by atoms with van der Waals surface area (Å²) in [4.78, 5) is 13.8. The van der Waals surface area contributed by atoms with Crippen molar-refractivity contribution in [3.8, 4) is 0 Å². The van der Waals surface area contributed by atoms with Gasteiger partial charge in [-0.25, -0.2) is 13.6 Å². The van der Waals surface area contributed by atoms with Crippen molar-refractivity contribution < 1.29 is 18.3 Å². The predicted molar refractivity (Wildman–Crippen MR) is 83.7 cm³/mol. The van der Waals surface area contributed by atoms with Crippen LogP contribution in [0.2, 0.25) is 5.02 Å². The highest BCUT2D eigenvalue weighted by Crippen LogP contribution is 2.32. The molecule has 1 amide bonds. The fourth-order valence-electron chi connectivity index (χ4n) is 2.86. The molecule has 1 saturated heterocycles. The van der Waals surface area contributed by atoms with Gasteiger partial charge in [0.05, 0.1) is 11.8 Å². The Morgan fingerprint density at radius 1 is 1.36 bits per heavy atom. The van der Waals surface area contributed by atoms with Gasteiger partial charge < -0.3 is 10.0 Å². The fraction of sp³-hybridized carbons (Fsp3) is 0.500. The van der Waals surface area contributed by atoms with Gasteiger partial charge in [0.25, 0.3) is 0 Å². The van der Waals surface area contributed by atoms with Crippen molar-refractivity contribution in [3.63, 3.8) is 0 Å². The van der Waals surface area contributed by atoms with Crippen molar-refractivity contribution in [2.45, 2.75) is 18.9 Å². The van der Waals surface area contributed by atoms with Crippen molar-refractivity contribution in [2.24, 2.45) is 11.1 Å². The first-order valence-corrected chi connectivity index (χ1v) is 9.06. The second-order valence-electron chi connectivity index (χ2n) is 5.53. The van der Waals surface area contributed by atoms with Gasteiger partial charge in [0.2, 0.25) is 15.9 Å². The molecule has 2 unspecified atom stereocenters. The third-order valence-corrected chi connectivity index (χ3v) is 4.93. The van der Waals surface area contributed by atoms with Gasteiger partial charge in [-0.15, -0.1) is 0 Å². The first-order valence-electron chi connectivity index (χ1n) is 6.96. The topological polar surface area (TPSA) is 101 Å². The number of benzene rings is 1. The molecule has 3 N–H and O–H groups in total. The summed E-state index contributed by atoms with van der Waals surface area (Å²) in [6.45, 7) is 0.249. The Labute approximate surface area is 134 Å². The van der Waals surface area contributed by atoms with Crippen molar-refractivity contribution in [3.05, 3.63) is 34.9 Å². The number of hydrogen-bond acceptors (Lipinski definition) is 4. The minimum Gasteiger partial charge on any atom is -0.396 e. The van der Waals surface area contributed by atoms with Crippen LogP contribution in [0.3, 0.4) is 0 Å². The van der Waals surface area contributed by atoms with Crippen molar-refractivity contribution in [1.29, 1.82) is 0 Å². The van der Waals surface area contributed by atoms with Crippen LogP contribution < -0.4 is 5.14 Å². The van der Waals surface area contributed by atoms with Crippen LogP contribution in [0.15, 0.2) is 24.3 Å². The molecule has 0 aromatic heterocycles. The van der Waals surface area contributed by atoms with E-state index in [1.807, 2.05) is 12.1 Å². The molecule has 0 bridgehead atoms. The summed E-state index contributed by atoms with van der Waals surface area (Å²) >= 11 is 5.87. The van der Waals surface area contributed by atoms with Crippen LogP contribution in [0.4, 0.5) is 0 Å². The number of carbonyl (C=O) groups excluding carboxylic acids is 1. The molecular formula is C14H19ClN2O4S. The number of aliphatic hydroxyl groups is 1. The molecule has 1 aromatic carbocycles. The standard InChI is InChI=1S/C14H19ClN2O4S/c15-12-3-1-11(2-4-12)13(5-6-18)17-8-10(7-14(17)19)9-22(16,20)21/h1-4,10,13,18H,5-9H2,(H2,16,20,21). The average Bonchev–Trinajstić information content (AvgIpc) is 2.75. The van der Waals surface area contributed by atoms with Crippen LogP contribution in [0.5, 0.6) is 0 Å². The molecule has 0 saturated carbocycles. The van der Waals surface area contributed by atoms with Crippen LogP contribution in [0, 0.1) is 5.92 Å². The second-order valence-corrected chi connectivity index (χ2v) is 7.62. The smallest absolute Gasteiger partial charge is 0.223 e. The van der Waals surface area contributed by atoms with E-state index in [4.69, 9.17) is 16.7 Å². The second kappa shape index (κ2) is 6.95. The molecule has 6 nitrogen and oxygen atoms in total. The lowest BCUT2D eigenvalue weighted by molar-refractivity contribution is -0.130. The summed E-state index contributed by atoms with van der Waals surface area (Å²) in [5.41, 5.74) is 0.864. The summed E-state index contributed by atoms with van der Waals surface area (Å²) in [6.07, 6.45) is 0.543. The molecule has 2 atom stereocenters. The summed E-state index contributed by atoms with van der Waals surface area (Å²) in [7, 11) is -3.61. The number of nitrogens with zero attached hydrogens (tertiary/aromatic N) is 1. The molecule has 1 aliphatic heterocycles. The predicted octanol–water partition coefficient (Wildman–Crippen LogP) is 0.901. The highest BCUT2D eigenvalue weighted by molar-refractivity contribution is 7.89. The molecule has 22 heavy (non-hydrogen) atoms. The van der Waals surface area contributed by atoms with E-state index >= 15 is 0 Å². The maximum absolute atomic E-state index is 12.2. The van der Waals surface area contributed by atoms with Crippen molar-refractivity contribution in [1.82, 2.24) is 4.90 Å². The number of primary sulfonamides is 1. The number of rotatable bonds is 6. The first kappa shape index (κ1) is 17.2. The first-order chi connectivity index (χ1) is 10.3. The maximum Gasteiger partial charge on any atom is 0.223 e.